The van der Waals surface area contributed by atoms with Gasteiger partial charge in [0.2, 0.25) is 0 Å². The van der Waals surface area contributed by atoms with Gasteiger partial charge < -0.3 is 14.8 Å². The van der Waals surface area contributed by atoms with Gasteiger partial charge in [0, 0.05) is 19.1 Å². The molecule has 1 heterocycles. The molecule has 0 aromatic heterocycles. The van der Waals surface area contributed by atoms with Crippen LogP contribution in [0.15, 0.2) is 0 Å². The van der Waals surface area contributed by atoms with Crippen molar-refractivity contribution >= 4 is 12.1 Å². The molecule has 0 aromatic rings. The largest absolute Gasteiger partial charge is 0.465 e. The van der Waals surface area contributed by atoms with Gasteiger partial charge >= 0.3 is 12.1 Å². The molecule has 1 aliphatic rings. The Morgan fingerprint density at radius 2 is 2.05 bits per heavy atom. The lowest BCUT2D eigenvalue weighted by Gasteiger charge is -2.21. The summed E-state index contributed by atoms with van der Waals surface area (Å²) in [6.07, 6.45) is 0.411. The van der Waals surface area contributed by atoms with E-state index in [1.54, 1.807) is 6.92 Å². The predicted molar refractivity (Wildman–Crippen MR) is 70.8 cm³/mol. The van der Waals surface area contributed by atoms with Crippen molar-refractivity contribution in [2.24, 2.45) is 0 Å². The fourth-order valence-corrected chi connectivity index (χ4v) is 1.96. The smallest absolute Gasteiger partial charge is 0.407 e. The van der Waals surface area contributed by atoms with E-state index < -0.39 is 11.7 Å². The van der Waals surface area contributed by atoms with Gasteiger partial charge in [-0.2, -0.15) is 0 Å². The first-order chi connectivity index (χ1) is 8.80. The number of carbonyl (C=O) groups excluding carboxylic acids is 2. The van der Waals surface area contributed by atoms with Crippen LogP contribution in [0.1, 0.15) is 34.1 Å². The summed E-state index contributed by atoms with van der Waals surface area (Å²) in [5.41, 5.74) is -0.493. The van der Waals surface area contributed by atoms with Gasteiger partial charge in [-0.3, -0.25) is 9.69 Å². The molecule has 6 nitrogen and oxygen atoms in total. The highest BCUT2D eigenvalue weighted by molar-refractivity contribution is 5.71. The van der Waals surface area contributed by atoms with Gasteiger partial charge in [-0.05, 0) is 34.1 Å². The monoisotopic (exact) mass is 272 g/mol. The summed E-state index contributed by atoms with van der Waals surface area (Å²) in [5, 5.41) is 2.82. The van der Waals surface area contributed by atoms with Gasteiger partial charge in [-0.25, -0.2) is 4.79 Å². The SMILES string of the molecule is CCOC(=O)CN1CC[C@@H](NC(=O)OC(C)(C)C)C1. The molecule has 0 unspecified atom stereocenters. The van der Waals surface area contributed by atoms with E-state index in [0.717, 1.165) is 13.0 Å². The topological polar surface area (TPSA) is 67.9 Å². The maximum atomic E-state index is 11.6. The van der Waals surface area contributed by atoms with Crippen LogP contribution >= 0.6 is 0 Å². The molecule has 1 amide bonds. The summed E-state index contributed by atoms with van der Waals surface area (Å²) in [5.74, 6) is -0.222. The lowest BCUT2D eigenvalue weighted by Crippen LogP contribution is -2.41. The standard InChI is InChI=1S/C13H24N2O4/c1-5-18-11(16)9-15-7-6-10(8-15)14-12(17)19-13(2,3)4/h10H,5-9H2,1-4H3,(H,14,17)/t10-/m1/s1. The number of carbonyl (C=O) groups is 2. The zero-order valence-corrected chi connectivity index (χ0v) is 12.2. The van der Waals surface area contributed by atoms with Gasteiger partial charge in [-0.15, -0.1) is 0 Å². The second-order valence-electron chi connectivity index (χ2n) is 5.67. The van der Waals surface area contributed by atoms with Crippen LogP contribution in [0.25, 0.3) is 0 Å². The molecular weight excluding hydrogens is 248 g/mol. The first kappa shape index (κ1) is 15.8. The summed E-state index contributed by atoms with van der Waals surface area (Å²) >= 11 is 0. The number of likely N-dealkylation sites (tertiary alicyclic amines) is 1. The van der Waals surface area contributed by atoms with Crippen molar-refractivity contribution in [2.75, 3.05) is 26.2 Å². The minimum absolute atomic E-state index is 0.0317. The third-order valence-electron chi connectivity index (χ3n) is 2.65. The first-order valence-electron chi connectivity index (χ1n) is 6.67. The molecule has 0 spiro atoms. The van der Waals surface area contributed by atoms with E-state index in [1.165, 1.54) is 0 Å². The Kier molecular flexibility index (Phi) is 5.60. The van der Waals surface area contributed by atoms with Crippen LogP contribution in [0.4, 0.5) is 4.79 Å². The first-order valence-corrected chi connectivity index (χ1v) is 6.67. The third kappa shape index (κ3) is 6.42. The van der Waals surface area contributed by atoms with Crippen molar-refractivity contribution in [1.29, 1.82) is 0 Å². The molecule has 1 fully saturated rings. The Bertz CT molecular complexity index is 325. The van der Waals surface area contributed by atoms with Crippen LogP contribution < -0.4 is 5.32 Å². The summed E-state index contributed by atoms with van der Waals surface area (Å²) < 4.78 is 10.1. The highest BCUT2D eigenvalue weighted by Gasteiger charge is 2.27. The van der Waals surface area contributed by atoms with Gasteiger partial charge in [0.1, 0.15) is 5.60 Å². The maximum absolute atomic E-state index is 11.6. The Morgan fingerprint density at radius 3 is 2.63 bits per heavy atom. The molecule has 1 saturated heterocycles. The number of esters is 1. The molecule has 1 N–H and O–H groups in total. The number of alkyl carbamates (subject to hydrolysis) is 1. The highest BCUT2D eigenvalue weighted by atomic mass is 16.6. The normalized spacial score (nSPS) is 20.1. The molecular formula is C13H24N2O4. The van der Waals surface area contributed by atoms with Crippen LogP contribution in [-0.2, 0) is 14.3 Å². The van der Waals surface area contributed by atoms with Gasteiger partial charge in [0.25, 0.3) is 0 Å². The Balaban J connectivity index is 2.28. The van der Waals surface area contributed by atoms with E-state index in [2.05, 4.69) is 5.32 Å². The number of amides is 1. The van der Waals surface area contributed by atoms with Crippen molar-refractivity contribution in [2.45, 2.75) is 45.8 Å². The summed E-state index contributed by atoms with van der Waals surface area (Å²) in [4.78, 5) is 24.9. The molecule has 0 radical (unpaired) electrons. The lowest BCUT2D eigenvalue weighted by molar-refractivity contribution is -0.144. The van der Waals surface area contributed by atoms with E-state index in [-0.39, 0.29) is 18.6 Å². The molecule has 110 valence electrons. The molecule has 0 saturated carbocycles. The number of nitrogens with one attached hydrogen (secondary N) is 1. The fourth-order valence-electron chi connectivity index (χ4n) is 1.96. The average molecular weight is 272 g/mol. The number of rotatable bonds is 4. The van der Waals surface area contributed by atoms with Crippen LogP contribution in [0.2, 0.25) is 0 Å². The average Bonchev–Trinajstić information content (AvgIpc) is 2.62. The second-order valence-corrected chi connectivity index (χ2v) is 5.67. The van der Waals surface area contributed by atoms with Crippen molar-refractivity contribution in [1.82, 2.24) is 10.2 Å². The van der Waals surface area contributed by atoms with Crippen LogP contribution in [-0.4, -0.2) is 54.8 Å². The van der Waals surface area contributed by atoms with Crippen molar-refractivity contribution in [3.8, 4) is 0 Å². The minimum Gasteiger partial charge on any atom is -0.465 e. The maximum Gasteiger partial charge on any atom is 0.407 e. The fraction of sp³-hybridized carbons (Fsp3) is 0.846. The molecule has 1 rings (SSSR count). The van der Waals surface area contributed by atoms with E-state index in [1.807, 2.05) is 25.7 Å². The second kappa shape index (κ2) is 6.75. The minimum atomic E-state index is -0.493. The Morgan fingerprint density at radius 1 is 1.37 bits per heavy atom. The number of nitrogens with zero attached hydrogens (tertiary/aromatic N) is 1. The third-order valence-corrected chi connectivity index (χ3v) is 2.65. The summed E-state index contributed by atoms with van der Waals surface area (Å²) in [7, 11) is 0. The van der Waals surface area contributed by atoms with Crippen LogP contribution in [0.5, 0.6) is 0 Å². The van der Waals surface area contributed by atoms with Crippen LogP contribution in [0.3, 0.4) is 0 Å². The van der Waals surface area contributed by atoms with E-state index in [4.69, 9.17) is 9.47 Å². The molecule has 0 aromatic carbocycles. The van der Waals surface area contributed by atoms with Gasteiger partial charge in [0.05, 0.1) is 13.2 Å². The van der Waals surface area contributed by atoms with E-state index >= 15 is 0 Å². The van der Waals surface area contributed by atoms with Crippen molar-refractivity contribution in [3.63, 3.8) is 0 Å². The van der Waals surface area contributed by atoms with Gasteiger partial charge in [0.15, 0.2) is 0 Å². The summed E-state index contributed by atoms with van der Waals surface area (Å²) in [6, 6.07) is 0.0317. The summed E-state index contributed by atoms with van der Waals surface area (Å²) in [6.45, 7) is 9.37. The number of hydrogen-bond donors (Lipinski definition) is 1. The lowest BCUT2D eigenvalue weighted by atomic mass is 10.2. The van der Waals surface area contributed by atoms with Crippen molar-refractivity contribution < 1.29 is 19.1 Å². The molecule has 0 bridgehead atoms. The molecule has 0 aliphatic carbocycles. The highest BCUT2D eigenvalue weighted by Crippen LogP contribution is 2.11. The molecule has 1 atom stereocenters. The zero-order valence-electron chi connectivity index (χ0n) is 12.2. The molecule has 1 aliphatic heterocycles. The number of hydrogen-bond acceptors (Lipinski definition) is 5. The van der Waals surface area contributed by atoms with Crippen LogP contribution in [0, 0.1) is 0 Å². The zero-order chi connectivity index (χ0) is 14.5. The molecule has 19 heavy (non-hydrogen) atoms. The predicted octanol–water partition coefficient (Wildman–Crippen LogP) is 1.15. The van der Waals surface area contributed by atoms with Crippen molar-refractivity contribution in [3.05, 3.63) is 0 Å². The van der Waals surface area contributed by atoms with Gasteiger partial charge in [-0.1, -0.05) is 0 Å². The number of ether oxygens (including phenoxy) is 2. The Labute approximate surface area is 114 Å². The Hall–Kier alpha value is -1.30. The molecule has 6 heteroatoms. The van der Waals surface area contributed by atoms with E-state index in [0.29, 0.717) is 13.2 Å². The quantitative estimate of drug-likeness (QED) is 0.778. The van der Waals surface area contributed by atoms with E-state index in [9.17, 15) is 9.59 Å².